The molecule has 0 atom stereocenters. The van der Waals surface area contributed by atoms with Crippen LogP contribution in [0.5, 0.6) is 0 Å². The summed E-state index contributed by atoms with van der Waals surface area (Å²) in [4.78, 5) is 3.55. The van der Waals surface area contributed by atoms with Crippen molar-refractivity contribution in [1.82, 2.24) is 25.1 Å². The maximum atomic E-state index is 8.84. The maximum Gasteiger partial charge on any atom is 0.188 e. The van der Waals surface area contributed by atoms with E-state index in [2.05, 4.69) is 27.2 Å². The normalized spacial score (nSPS) is 11.1. The van der Waals surface area contributed by atoms with Crippen LogP contribution in [-0.2, 0) is 13.6 Å². The number of aliphatic hydroxyl groups excluding tert-OH is 1. The van der Waals surface area contributed by atoms with Crippen molar-refractivity contribution in [3.8, 4) is 0 Å². The standard InChI is InChI=1S/C8H17N5O/c1-3-4-13(5-6-14)7-8-9-11-12(2)10-8/h14H,3-7H2,1-2H3. The van der Waals surface area contributed by atoms with Gasteiger partial charge in [0.2, 0.25) is 0 Å². The van der Waals surface area contributed by atoms with Gasteiger partial charge in [0.25, 0.3) is 0 Å². The SMILES string of the molecule is CCCN(CCO)Cc1nnn(C)n1. The molecule has 0 saturated heterocycles. The first-order chi connectivity index (χ1) is 6.76. The lowest BCUT2D eigenvalue weighted by Gasteiger charge is -2.17. The summed E-state index contributed by atoms with van der Waals surface area (Å²) in [5, 5.41) is 20.6. The third-order valence-electron chi connectivity index (χ3n) is 1.87. The van der Waals surface area contributed by atoms with E-state index in [1.54, 1.807) is 7.05 Å². The van der Waals surface area contributed by atoms with E-state index in [1.807, 2.05) is 0 Å². The molecule has 0 spiro atoms. The van der Waals surface area contributed by atoms with Crippen molar-refractivity contribution in [3.05, 3.63) is 5.82 Å². The number of nitrogens with zero attached hydrogens (tertiary/aromatic N) is 5. The first kappa shape index (κ1) is 11.1. The summed E-state index contributed by atoms with van der Waals surface area (Å²) >= 11 is 0. The van der Waals surface area contributed by atoms with E-state index in [9.17, 15) is 0 Å². The van der Waals surface area contributed by atoms with Crippen LogP contribution >= 0.6 is 0 Å². The van der Waals surface area contributed by atoms with Crippen LogP contribution in [0.1, 0.15) is 19.2 Å². The summed E-state index contributed by atoms with van der Waals surface area (Å²) in [5.41, 5.74) is 0. The van der Waals surface area contributed by atoms with Gasteiger partial charge in [-0.25, -0.2) is 0 Å². The van der Waals surface area contributed by atoms with Gasteiger partial charge in [-0.1, -0.05) is 6.92 Å². The van der Waals surface area contributed by atoms with Gasteiger partial charge in [-0.2, -0.15) is 4.80 Å². The molecule has 0 fully saturated rings. The van der Waals surface area contributed by atoms with E-state index in [0.29, 0.717) is 18.9 Å². The minimum atomic E-state index is 0.167. The Bertz CT molecular complexity index is 256. The first-order valence-electron chi connectivity index (χ1n) is 4.82. The molecule has 6 nitrogen and oxygen atoms in total. The van der Waals surface area contributed by atoms with E-state index in [1.165, 1.54) is 4.80 Å². The van der Waals surface area contributed by atoms with Crippen molar-refractivity contribution < 1.29 is 5.11 Å². The molecule has 1 N–H and O–H groups in total. The van der Waals surface area contributed by atoms with Gasteiger partial charge in [0.15, 0.2) is 5.82 Å². The van der Waals surface area contributed by atoms with E-state index >= 15 is 0 Å². The third-order valence-corrected chi connectivity index (χ3v) is 1.87. The second kappa shape index (κ2) is 5.66. The highest BCUT2D eigenvalue weighted by atomic mass is 16.3. The number of tetrazole rings is 1. The second-order valence-corrected chi connectivity index (χ2v) is 3.19. The summed E-state index contributed by atoms with van der Waals surface area (Å²) < 4.78 is 0. The van der Waals surface area contributed by atoms with Gasteiger partial charge in [0.05, 0.1) is 20.2 Å². The zero-order valence-electron chi connectivity index (χ0n) is 8.72. The Morgan fingerprint density at radius 3 is 2.71 bits per heavy atom. The Balaban J connectivity index is 2.46. The molecule has 0 saturated carbocycles. The largest absolute Gasteiger partial charge is 0.395 e. The lowest BCUT2D eigenvalue weighted by atomic mass is 10.4. The maximum absolute atomic E-state index is 8.84. The Hall–Kier alpha value is -1.01. The quantitative estimate of drug-likeness (QED) is 0.663. The summed E-state index contributed by atoms with van der Waals surface area (Å²) in [6.45, 7) is 4.53. The predicted octanol–water partition coefficient (Wildman–Crippen LogP) is -0.586. The molecule has 0 radical (unpaired) electrons. The number of aromatic nitrogens is 4. The molecule has 1 aromatic rings. The first-order valence-corrected chi connectivity index (χ1v) is 4.82. The summed E-state index contributed by atoms with van der Waals surface area (Å²) in [6, 6.07) is 0. The number of aliphatic hydroxyl groups is 1. The van der Waals surface area contributed by atoms with Gasteiger partial charge < -0.3 is 5.11 Å². The van der Waals surface area contributed by atoms with Gasteiger partial charge in [-0.15, -0.1) is 10.2 Å². The van der Waals surface area contributed by atoms with E-state index in [-0.39, 0.29) is 6.61 Å². The molecular weight excluding hydrogens is 182 g/mol. The lowest BCUT2D eigenvalue weighted by Crippen LogP contribution is -2.27. The Kier molecular flexibility index (Phi) is 4.48. The van der Waals surface area contributed by atoms with Crippen LogP contribution in [-0.4, -0.2) is 49.9 Å². The molecule has 1 rings (SSSR count). The molecule has 1 heterocycles. The van der Waals surface area contributed by atoms with E-state index in [0.717, 1.165) is 13.0 Å². The van der Waals surface area contributed by atoms with Crippen LogP contribution in [0.2, 0.25) is 0 Å². The average molecular weight is 199 g/mol. The van der Waals surface area contributed by atoms with E-state index < -0.39 is 0 Å². The minimum Gasteiger partial charge on any atom is -0.395 e. The zero-order valence-corrected chi connectivity index (χ0v) is 8.72. The average Bonchev–Trinajstić information content (AvgIpc) is 2.52. The number of hydrogen-bond acceptors (Lipinski definition) is 5. The van der Waals surface area contributed by atoms with Crippen LogP contribution < -0.4 is 0 Å². The zero-order chi connectivity index (χ0) is 10.4. The molecule has 6 heteroatoms. The van der Waals surface area contributed by atoms with Gasteiger partial charge in [-0.3, -0.25) is 4.90 Å². The minimum absolute atomic E-state index is 0.167. The van der Waals surface area contributed by atoms with Crippen LogP contribution in [0.15, 0.2) is 0 Å². The lowest BCUT2D eigenvalue weighted by molar-refractivity contribution is 0.187. The molecular formula is C8H17N5O. The summed E-state index contributed by atoms with van der Waals surface area (Å²) in [7, 11) is 1.74. The molecule has 14 heavy (non-hydrogen) atoms. The van der Waals surface area contributed by atoms with Crippen molar-refractivity contribution >= 4 is 0 Å². The second-order valence-electron chi connectivity index (χ2n) is 3.19. The molecule has 1 aromatic heterocycles. The fourth-order valence-electron chi connectivity index (χ4n) is 1.31. The highest BCUT2D eigenvalue weighted by Crippen LogP contribution is 1.97. The molecule has 0 aliphatic carbocycles. The van der Waals surface area contributed by atoms with Crippen LogP contribution in [0.25, 0.3) is 0 Å². The van der Waals surface area contributed by atoms with Gasteiger partial charge >= 0.3 is 0 Å². The molecule has 0 aliphatic rings. The van der Waals surface area contributed by atoms with Crippen LogP contribution in [0.3, 0.4) is 0 Å². The Morgan fingerprint density at radius 2 is 2.21 bits per heavy atom. The molecule has 80 valence electrons. The van der Waals surface area contributed by atoms with Crippen molar-refractivity contribution in [1.29, 1.82) is 0 Å². The van der Waals surface area contributed by atoms with Crippen LogP contribution in [0, 0.1) is 0 Å². The summed E-state index contributed by atoms with van der Waals surface area (Å²) in [6.07, 6.45) is 1.06. The fraction of sp³-hybridized carbons (Fsp3) is 0.875. The monoisotopic (exact) mass is 199 g/mol. The predicted molar refractivity (Wildman–Crippen MR) is 51.5 cm³/mol. The van der Waals surface area contributed by atoms with Gasteiger partial charge in [0, 0.05) is 6.54 Å². The highest BCUT2D eigenvalue weighted by molar-refractivity contribution is 4.76. The van der Waals surface area contributed by atoms with Crippen molar-refractivity contribution in [2.24, 2.45) is 7.05 Å². The summed E-state index contributed by atoms with van der Waals surface area (Å²) in [5.74, 6) is 0.703. The van der Waals surface area contributed by atoms with Crippen molar-refractivity contribution in [2.75, 3.05) is 19.7 Å². The topological polar surface area (TPSA) is 67.1 Å². The smallest absolute Gasteiger partial charge is 0.188 e. The number of rotatable bonds is 6. The van der Waals surface area contributed by atoms with Gasteiger partial charge in [0.1, 0.15) is 0 Å². The van der Waals surface area contributed by atoms with Crippen molar-refractivity contribution in [3.63, 3.8) is 0 Å². The molecule has 0 amide bonds. The molecule has 0 bridgehead atoms. The Morgan fingerprint density at radius 1 is 1.43 bits per heavy atom. The van der Waals surface area contributed by atoms with E-state index in [4.69, 9.17) is 5.11 Å². The molecule has 0 aliphatic heterocycles. The van der Waals surface area contributed by atoms with Gasteiger partial charge in [-0.05, 0) is 18.2 Å². The van der Waals surface area contributed by atoms with Crippen LogP contribution in [0.4, 0.5) is 0 Å². The fourth-order valence-corrected chi connectivity index (χ4v) is 1.31. The molecule has 0 unspecified atom stereocenters. The molecule has 0 aromatic carbocycles. The number of hydrogen-bond donors (Lipinski definition) is 1. The number of aryl methyl sites for hydroxylation is 1. The third kappa shape index (κ3) is 3.39. The Labute approximate surface area is 83.5 Å². The highest BCUT2D eigenvalue weighted by Gasteiger charge is 2.07. The van der Waals surface area contributed by atoms with Crippen molar-refractivity contribution in [2.45, 2.75) is 19.9 Å².